The van der Waals surface area contributed by atoms with E-state index in [1.807, 2.05) is 4.72 Å². The lowest BCUT2D eigenvalue weighted by molar-refractivity contribution is -0.138. The first kappa shape index (κ1) is 25.8. The van der Waals surface area contributed by atoms with Gasteiger partial charge in [0.25, 0.3) is 5.91 Å². The quantitative estimate of drug-likeness (QED) is 0.227. The summed E-state index contributed by atoms with van der Waals surface area (Å²) >= 11 is 0. The van der Waals surface area contributed by atoms with Crippen LogP contribution in [-0.4, -0.2) is 75.3 Å². The van der Waals surface area contributed by atoms with Crippen LogP contribution in [0.4, 0.5) is 0 Å². The van der Waals surface area contributed by atoms with Crippen LogP contribution in [0.2, 0.25) is 0 Å². The molecule has 0 saturated carbocycles. The Morgan fingerprint density at radius 2 is 1.94 bits per heavy atom. The zero-order chi connectivity index (χ0) is 25.3. The van der Waals surface area contributed by atoms with Crippen LogP contribution in [0.3, 0.4) is 0 Å². The summed E-state index contributed by atoms with van der Waals surface area (Å²) in [5.74, 6) is -1.58. The van der Waals surface area contributed by atoms with Gasteiger partial charge < -0.3 is 30.9 Å². The molecule has 1 unspecified atom stereocenters. The predicted molar refractivity (Wildman–Crippen MR) is 127 cm³/mol. The number of hydrogen-bond donors (Lipinski definition) is 6. The van der Waals surface area contributed by atoms with Crippen molar-refractivity contribution < 1.29 is 33.0 Å². The number of carboxylic acids is 1. The monoisotopic (exact) mass is 505 g/mol. The highest BCUT2D eigenvalue weighted by Crippen LogP contribution is 2.23. The number of benzene rings is 2. The van der Waals surface area contributed by atoms with Crippen molar-refractivity contribution in [3.8, 4) is 11.5 Å². The minimum Gasteiger partial charge on any atom is -0.507 e. The molecule has 35 heavy (non-hydrogen) atoms. The van der Waals surface area contributed by atoms with E-state index in [4.69, 9.17) is 4.74 Å². The first-order chi connectivity index (χ1) is 16.8. The lowest BCUT2D eigenvalue weighted by Crippen LogP contribution is -2.48. The lowest BCUT2D eigenvalue weighted by Gasteiger charge is -2.17. The Kier molecular flexibility index (Phi) is 8.86. The van der Waals surface area contributed by atoms with Gasteiger partial charge in [0, 0.05) is 25.7 Å². The number of carboxylic acid groups (broad SMARTS) is 1. The molecule has 1 amide bonds. The highest BCUT2D eigenvalue weighted by molar-refractivity contribution is 7.89. The Morgan fingerprint density at radius 3 is 2.60 bits per heavy atom. The Labute approximate surface area is 202 Å². The Bertz CT molecular complexity index is 1170. The first-order valence-electron chi connectivity index (χ1n) is 10.8. The minimum absolute atomic E-state index is 0.107. The molecule has 1 aliphatic heterocycles. The molecule has 2 aromatic rings. The molecule has 0 bridgehead atoms. The second-order valence-corrected chi connectivity index (χ2v) is 9.21. The summed E-state index contributed by atoms with van der Waals surface area (Å²) in [5.41, 5.74) is -0.119. The van der Waals surface area contributed by atoms with Crippen LogP contribution in [0.25, 0.3) is 0 Å². The molecule has 188 valence electrons. The van der Waals surface area contributed by atoms with Gasteiger partial charge in [-0.25, -0.2) is 8.42 Å². The van der Waals surface area contributed by atoms with E-state index in [-0.39, 0.29) is 22.8 Å². The van der Waals surface area contributed by atoms with Gasteiger partial charge in [0.1, 0.15) is 24.1 Å². The van der Waals surface area contributed by atoms with Gasteiger partial charge in [-0.1, -0.05) is 18.2 Å². The third-order valence-corrected chi connectivity index (χ3v) is 6.38. The van der Waals surface area contributed by atoms with Crippen molar-refractivity contribution in [2.75, 3.05) is 32.8 Å². The van der Waals surface area contributed by atoms with E-state index in [2.05, 4.69) is 20.9 Å². The number of carbonyl (C=O) groups is 2. The van der Waals surface area contributed by atoms with Crippen LogP contribution < -0.4 is 25.4 Å². The average molecular weight is 506 g/mol. The van der Waals surface area contributed by atoms with E-state index >= 15 is 0 Å². The van der Waals surface area contributed by atoms with Crippen LogP contribution in [0, 0.1) is 0 Å². The fourth-order valence-corrected chi connectivity index (χ4v) is 4.32. The Hall–Kier alpha value is -3.84. The number of aliphatic imine (C=N–C) groups is 1. The molecule has 0 aromatic heterocycles. The summed E-state index contributed by atoms with van der Waals surface area (Å²) in [7, 11) is -4.11. The number of aromatic hydroxyl groups is 1. The number of amides is 1. The maximum atomic E-state index is 12.5. The number of rotatable bonds is 11. The molecule has 0 aliphatic carbocycles. The van der Waals surface area contributed by atoms with Gasteiger partial charge in [-0.3, -0.25) is 14.6 Å². The van der Waals surface area contributed by atoms with Crippen LogP contribution in [-0.2, 0) is 14.8 Å². The smallest absolute Gasteiger partial charge is 0.323 e. The third kappa shape index (κ3) is 7.58. The summed E-state index contributed by atoms with van der Waals surface area (Å²) < 4.78 is 32.4. The molecule has 0 saturated heterocycles. The molecule has 2 aromatic carbocycles. The average Bonchev–Trinajstić information content (AvgIpc) is 2.85. The van der Waals surface area contributed by atoms with Crippen LogP contribution in [0.1, 0.15) is 16.8 Å². The Morgan fingerprint density at radius 1 is 1.17 bits per heavy atom. The highest BCUT2D eigenvalue weighted by atomic mass is 32.2. The maximum absolute atomic E-state index is 12.5. The summed E-state index contributed by atoms with van der Waals surface area (Å²) in [6.45, 7) is 1.84. The number of guanidine groups is 1. The SMILES string of the molecule is O=C(NCC(NS(=O)(=O)c1ccccc1)C(=O)O)c1ccc(OCCNC2=NCCCN2)cc1O. The number of ether oxygens (including phenoxy) is 1. The molecule has 1 heterocycles. The number of nitrogens with zero attached hydrogens (tertiary/aromatic N) is 1. The van der Waals surface area contributed by atoms with Crippen LogP contribution >= 0.6 is 0 Å². The van der Waals surface area contributed by atoms with Crippen molar-refractivity contribution in [2.45, 2.75) is 17.4 Å². The summed E-state index contributed by atoms with van der Waals surface area (Å²) in [6.07, 6.45) is 0.987. The summed E-state index contributed by atoms with van der Waals surface area (Å²) in [5, 5.41) is 28.1. The second-order valence-electron chi connectivity index (χ2n) is 7.50. The van der Waals surface area contributed by atoms with Gasteiger partial charge in [-0.2, -0.15) is 4.72 Å². The molecule has 3 rings (SSSR count). The minimum atomic E-state index is -4.11. The van der Waals surface area contributed by atoms with E-state index < -0.39 is 34.5 Å². The van der Waals surface area contributed by atoms with Crippen molar-refractivity contribution in [3.05, 3.63) is 54.1 Å². The van der Waals surface area contributed by atoms with Gasteiger partial charge in [0.15, 0.2) is 5.96 Å². The van der Waals surface area contributed by atoms with Crippen molar-refractivity contribution in [1.82, 2.24) is 20.7 Å². The van der Waals surface area contributed by atoms with E-state index in [1.54, 1.807) is 6.07 Å². The molecular formula is C22H27N5O7S. The van der Waals surface area contributed by atoms with Crippen molar-refractivity contribution in [3.63, 3.8) is 0 Å². The van der Waals surface area contributed by atoms with E-state index in [0.717, 1.165) is 19.5 Å². The normalized spacial score (nSPS) is 14.2. The van der Waals surface area contributed by atoms with Gasteiger partial charge in [0.2, 0.25) is 10.0 Å². The zero-order valence-electron chi connectivity index (χ0n) is 18.7. The van der Waals surface area contributed by atoms with Crippen molar-refractivity contribution in [2.24, 2.45) is 4.99 Å². The Balaban J connectivity index is 1.52. The van der Waals surface area contributed by atoms with E-state index in [0.29, 0.717) is 18.3 Å². The fraction of sp³-hybridized carbons (Fsp3) is 0.318. The standard InChI is InChI=1S/C22H27N5O7S/c28-19-13-15(34-12-11-25-22-23-9-4-10-24-22)7-8-17(19)20(29)26-14-18(21(30)31)27-35(32,33)16-5-2-1-3-6-16/h1-3,5-8,13,18,27-28H,4,9-12,14H2,(H,26,29)(H,30,31)(H2,23,24,25). The topological polar surface area (TPSA) is 178 Å². The van der Waals surface area contributed by atoms with Crippen molar-refractivity contribution in [1.29, 1.82) is 0 Å². The predicted octanol–water partition coefficient (Wildman–Crippen LogP) is -0.129. The van der Waals surface area contributed by atoms with Crippen LogP contribution in [0.5, 0.6) is 11.5 Å². The maximum Gasteiger partial charge on any atom is 0.323 e. The highest BCUT2D eigenvalue weighted by Gasteiger charge is 2.26. The van der Waals surface area contributed by atoms with Gasteiger partial charge >= 0.3 is 5.97 Å². The number of phenols is 1. The molecule has 1 aliphatic rings. The largest absolute Gasteiger partial charge is 0.507 e. The van der Waals surface area contributed by atoms with E-state index in [1.165, 1.54) is 42.5 Å². The second kappa shape index (κ2) is 12.0. The van der Waals surface area contributed by atoms with E-state index in [9.17, 15) is 28.2 Å². The molecular weight excluding hydrogens is 478 g/mol. The molecule has 0 fully saturated rings. The molecule has 13 heteroatoms. The van der Waals surface area contributed by atoms with Gasteiger partial charge in [0.05, 0.1) is 17.0 Å². The zero-order valence-corrected chi connectivity index (χ0v) is 19.5. The number of hydrogen-bond acceptors (Lipinski definition) is 9. The molecule has 6 N–H and O–H groups in total. The van der Waals surface area contributed by atoms with Crippen LogP contribution in [0.15, 0.2) is 58.4 Å². The van der Waals surface area contributed by atoms with Gasteiger partial charge in [-0.05, 0) is 30.7 Å². The van der Waals surface area contributed by atoms with Gasteiger partial charge in [-0.15, -0.1) is 0 Å². The number of carbonyl (C=O) groups excluding carboxylic acids is 1. The summed E-state index contributed by atoms with van der Waals surface area (Å²) in [6, 6.07) is 9.71. The number of nitrogens with one attached hydrogen (secondary N) is 4. The lowest BCUT2D eigenvalue weighted by atomic mass is 10.1. The third-order valence-electron chi connectivity index (χ3n) is 4.89. The van der Waals surface area contributed by atoms with Crippen molar-refractivity contribution >= 4 is 27.9 Å². The molecule has 1 atom stereocenters. The fourth-order valence-electron chi connectivity index (χ4n) is 3.11. The first-order valence-corrected chi connectivity index (χ1v) is 12.3. The number of aliphatic carboxylic acids is 1. The molecule has 0 radical (unpaired) electrons. The summed E-state index contributed by atoms with van der Waals surface area (Å²) in [4.78, 5) is 28.2. The molecule has 0 spiro atoms. The molecule has 12 nitrogen and oxygen atoms in total. The number of sulfonamides is 1. The number of phenolic OH excluding ortho intramolecular Hbond substituents is 1.